The zero-order valence-electron chi connectivity index (χ0n) is 12.6. The third-order valence-corrected chi connectivity index (χ3v) is 4.16. The fourth-order valence-electron chi connectivity index (χ4n) is 2.40. The summed E-state index contributed by atoms with van der Waals surface area (Å²) in [5, 5.41) is 11.8. The molecule has 0 aliphatic carbocycles. The Balaban J connectivity index is 2.01. The first-order chi connectivity index (χ1) is 11.0. The maximum Gasteiger partial charge on any atom is 0.321 e. The third-order valence-electron chi connectivity index (χ3n) is 3.67. The van der Waals surface area contributed by atoms with Crippen LogP contribution in [0.25, 0.3) is 0 Å². The van der Waals surface area contributed by atoms with Crippen LogP contribution < -0.4 is 10.1 Å². The summed E-state index contributed by atoms with van der Waals surface area (Å²) >= 11 is 3.37. The van der Waals surface area contributed by atoms with Crippen molar-refractivity contribution in [1.82, 2.24) is 4.90 Å². The van der Waals surface area contributed by atoms with Crippen LogP contribution in [-0.2, 0) is 4.79 Å². The molecule has 0 aromatic heterocycles. The van der Waals surface area contributed by atoms with E-state index < -0.39 is 5.97 Å². The maximum absolute atomic E-state index is 12.4. The number of halogens is 1. The molecule has 0 spiro atoms. The minimum absolute atomic E-state index is 0.254. The zero-order chi connectivity index (χ0) is 16.8. The van der Waals surface area contributed by atoms with E-state index in [2.05, 4.69) is 27.8 Å². The van der Waals surface area contributed by atoms with Crippen molar-refractivity contribution in [3.05, 3.63) is 35.3 Å². The number of rotatable bonds is 5. The number of hydrogen-bond donors (Lipinski definition) is 2. The second-order valence-electron chi connectivity index (χ2n) is 5.27. The van der Waals surface area contributed by atoms with Gasteiger partial charge in [-0.05, 0) is 31.0 Å². The highest BCUT2D eigenvalue weighted by atomic mass is 79.9. The lowest BCUT2D eigenvalue weighted by Gasteiger charge is -2.30. The minimum atomic E-state index is -0.794. The van der Waals surface area contributed by atoms with Crippen LogP contribution in [0.3, 0.4) is 0 Å². The van der Waals surface area contributed by atoms with E-state index in [1.165, 1.54) is 0 Å². The van der Waals surface area contributed by atoms with Crippen LogP contribution in [-0.4, -0.2) is 41.7 Å². The van der Waals surface area contributed by atoms with E-state index >= 15 is 0 Å². The van der Waals surface area contributed by atoms with Crippen LogP contribution >= 0.6 is 15.9 Å². The van der Waals surface area contributed by atoms with Gasteiger partial charge in [0.1, 0.15) is 12.4 Å². The van der Waals surface area contributed by atoms with Crippen molar-refractivity contribution < 1.29 is 19.4 Å². The number of ether oxygens (including phenoxy) is 1. The van der Waals surface area contributed by atoms with Crippen molar-refractivity contribution in [2.24, 2.45) is 5.92 Å². The number of urea groups is 1. The van der Waals surface area contributed by atoms with Gasteiger partial charge in [-0.3, -0.25) is 4.79 Å². The molecule has 7 heteroatoms. The number of likely N-dealkylation sites (tertiary alicyclic amines) is 1. The van der Waals surface area contributed by atoms with Gasteiger partial charge < -0.3 is 20.1 Å². The standard InChI is InChI=1S/C16H19BrN2O4/c1-2-9-23-14-4-3-12(17)10-13(14)18-16(22)19-7-5-11(6-8-19)15(20)21/h2-4,10-11H,1,5-9H2,(H,18,22)(H,20,21). The van der Waals surface area contributed by atoms with Gasteiger partial charge >= 0.3 is 12.0 Å². The second-order valence-corrected chi connectivity index (χ2v) is 6.19. The molecule has 2 N–H and O–H groups in total. The smallest absolute Gasteiger partial charge is 0.321 e. The molecule has 1 aliphatic heterocycles. The summed E-state index contributed by atoms with van der Waals surface area (Å²) in [6.07, 6.45) is 2.58. The number of nitrogens with zero attached hydrogens (tertiary/aromatic N) is 1. The molecular weight excluding hydrogens is 364 g/mol. The number of hydrogen-bond acceptors (Lipinski definition) is 3. The van der Waals surface area contributed by atoms with Gasteiger partial charge in [-0.15, -0.1) is 0 Å². The van der Waals surface area contributed by atoms with Crippen molar-refractivity contribution in [2.75, 3.05) is 25.0 Å². The molecule has 6 nitrogen and oxygen atoms in total. The highest BCUT2D eigenvalue weighted by Gasteiger charge is 2.27. The largest absolute Gasteiger partial charge is 0.487 e. The Labute approximate surface area is 143 Å². The van der Waals surface area contributed by atoms with Crippen molar-refractivity contribution >= 4 is 33.6 Å². The first-order valence-corrected chi connectivity index (χ1v) is 8.12. The Morgan fingerprint density at radius 2 is 2.13 bits per heavy atom. The predicted octanol–water partition coefficient (Wildman–Crippen LogP) is 3.34. The Hall–Kier alpha value is -2.02. The van der Waals surface area contributed by atoms with E-state index in [1.807, 2.05) is 6.07 Å². The molecule has 124 valence electrons. The Morgan fingerprint density at radius 3 is 2.74 bits per heavy atom. The molecule has 2 rings (SSSR count). The number of anilines is 1. The monoisotopic (exact) mass is 382 g/mol. The van der Waals surface area contributed by atoms with Crippen LogP contribution in [0.4, 0.5) is 10.5 Å². The lowest BCUT2D eigenvalue weighted by atomic mass is 9.97. The molecule has 1 aliphatic rings. The summed E-state index contributed by atoms with van der Waals surface area (Å²) in [5.41, 5.74) is 0.562. The molecule has 0 bridgehead atoms. The van der Waals surface area contributed by atoms with Gasteiger partial charge in [0.2, 0.25) is 0 Å². The van der Waals surface area contributed by atoms with Crippen LogP contribution in [0, 0.1) is 5.92 Å². The highest BCUT2D eigenvalue weighted by Crippen LogP contribution is 2.29. The number of carboxylic acids is 1. The van der Waals surface area contributed by atoms with E-state index in [-0.39, 0.29) is 11.9 Å². The fourth-order valence-corrected chi connectivity index (χ4v) is 2.76. The van der Waals surface area contributed by atoms with Crippen molar-refractivity contribution in [1.29, 1.82) is 0 Å². The Morgan fingerprint density at radius 1 is 1.43 bits per heavy atom. The minimum Gasteiger partial charge on any atom is -0.487 e. The highest BCUT2D eigenvalue weighted by molar-refractivity contribution is 9.10. The molecule has 1 aromatic rings. The van der Waals surface area contributed by atoms with Gasteiger partial charge in [-0.1, -0.05) is 28.6 Å². The molecule has 1 saturated heterocycles. The summed E-state index contributed by atoms with van der Waals surface area (Å²) in [6, 6.07) is 5.10. The molecule has 0 saturated carbocycles. The topological polar surface area (TPSA) is 78.9 Å². The molecule has 23 heavy (non-hydrogen) atoms. The number of benzene rings is 1. The molecule has 1 fully saturated rings. The maximum atomic E-state index is 12.4. The van der Waals surface area contributed by atoms with Crippen molar-refractivity contribution in [3.63, 3.8) is 0 Å². The quantitative estimate of drug-likeness (QED) is 0.765. The Bertz CT molecular complexity index is 598. The summed E-state index contributed by atoms with van der Waals surface area (Å²) in [4.78, 5) is 24.9. The van der Waals surface area contributed by atoms with Crippen LogP contribution in [0.5, 0.6) is 5.75 Å². The predicted molar refractivity (Wildman–Crippen MR) is 90.8 cm³/mol. The van der Waals surface area contributed by atoms with Gasteiger partial charge in [0.15, 0.2) is 0 Å². The van der Waals surface area contributed by atoms with Gasteiger partial charge in [0.25, 0.3) is 0 Å². The average molecular weight is 383 g/mol. The average Bonchev–Trinajstić information content (AvgIpc) is 2.54. The van der Waals surface area contributed by atoms with E-state index in [0.29, 0.717) is 44.0 Å². The van der Waals surface area contributed by atoms with E-state index in [1.54, 1.807) is 23.1 Å². The third kappa shape index (κ3) is 4.72. The Kier molecular flexibility index (Phi) is 6.04. The van der Waals surface area contributed by atoms with Gasteiger partial charge in [-0.2, -0.15) is 0 Å². The van der Waals surface area contributed by atoms with Gasteiger partial charge in [-0.25, -0.2) is 4.79 Å². The number of carbonyl (C=O) groups is 2. The number of carbonyl (C=O) groups excluding carboxylic acids is 1. The molecular formula is C16H19BrN2O4. The number of carboxylic acid groups (broad SMARTS) is 1. The molecule has 1 aromatic carbocycles. The fraction of sp³-hybridized carbons (Fsp3) is 0.375. The lowest BCUT2D eigenvalue weighted by Crippen LogP contribution is -2.42. The van der Waals surface area contributed by atoms with E-state index in [4.69, 9.17) is 9.84 Å². The lowest BCUT2D eigenvalue weighted by molar-refractivity contribution is -0.143. The number of piperidine rings is 1. The van der Waals surface area contributed by atoms with Crippen LogP contribution in [0.2, 0.25) is 0 Å². The zero-order valence-corrected chi connectivity index (χ0v) is 14.2. The van der Waals surface area contributed by atoms with E-state index in [0.717, 1.165) is 4.47 Å². The number of aliphatic carboxylic acids is 1. The van der Waals surface area contributed by atoms with Gasteiger partial charge in [0, 0.05) is 17.6 Å². The first kappa shape index (κ1) is 17.3. The number of amides is 2. The van der Waals surface area contributed by atoms with Crippen LogP contribution in [0.15, 0.2) is 35.3 Å². The van der Waals surface area contributed by atoms with Crippen LogP contribution in [0.1, 0.15) is 12.8 Å². The molecule has 2 amide bonds. The normalized spacial score (nSPS) is 15.1. The summed E-state index contributed by atoms with van der Waals surface area (Å²) < 4.78 is 6.35. The van der Waals surface area contributed by atoms with Crippen molar-refractivity contribution in [2.45, 2.75) is 12.8 Å². The van der Waals surface area contributed by atoms with Crippen molar-refractivity contribution in [3.8, 4) is 5.75 Å². The number of nitrogens with one attached hydrogen (secondary N) is 1. The summed E-state index contributed by atoms with van der Waals surface area (Å²) in [7, 11) is 0. The first-order valence-electron chi connectivity index (χ1n) is 7.33. The molecule has 0 radical (unpaired) electrons. The summed E-state index contributed by atoms with van der Waals surface area (Å²) in [6.45, 7) is 4.80. The van der Waals surface area contributed by atoms with Gasteiger partial charge in [0.05, 0.1) is 11.6 Å². The SMILES string of the molecule is C=CCOc1ccc(Br)cc1NC(=O)N1CCC(C(=O)O)CC1. The second kappa shape index (κ2) is 8.01. The van der Waals surface area contributed by atoms with E-state index in [9.17, 15) is 9.59 Å². The molecule has 1 heterocycles. The molecule has 0 unspecified atom stereocenters. The summed E-state index contributed by atoms with van der Waals surface area (Å²) in [5.74, 6) is -0.601. The molecule has 0 atom stereocenters.